The van der Waals surface area contributed by atoms with E-state index in [0.717, 1.165) is 39.6 Å². The summed E-state index contributed by atoms with van der Waals surface area (Å²) in [5.41, 5.74) is 19.4. The molecule has 55 heavy (non-hydrogen) atoms. The molecule has 3 heteroatoms. The van der Waals surface area contributed by atoms with Crippen molar-refractivity contribution in [1.82, 2.24) is 14.5 Å². The Hall–Kier alpha value is -6.58. The quantitative estimate of drug-likeness (QED) is 0.182. The van der Waals surface area contributed by atoms with Crippen molar-refractivity contribution in [3.05, 3.63) is 186 Å². The van der Waals surface area contributed by atoms with Crippen molar-refractivity contribution in [2.45, 2.75) is 38.5 Å². The number of benzene rings is 7. The van der Waals surface area contributed by atoms with Gasteiger partial charge in [0.25, 0.3) is 0 Å². The minimum Gasteiger partial charge on any atom is -0.309 e. The van der Waals surface area contributed by atoms with E-state index in [0.29, 0.717) is 0 Å². The van der Waals surface area contributed by atoms with E-state index >= 15 is 0 Å². The van der Waals surface area contributed by atoms with Crippen LogP contribution in [-0.2, 0) is 10.8 Å². The number of fused-ring (bicyclic) bond motifs is 12. The molecule has 11 rings (SSSR count). The summed E-state index contributed by atoms with van der Waals surface area (Å²) in [7, 11) is 0. The van der Waals surface area contributed by atoms with E-state index in [1.54, 1.807) is 0 Å². The number of para-hydroxylation sites is 1. The van der Waals surface area contributed by atoms with Gasteiger partial charge in [0.05, 0.1) is 22.4 Å². The minimum atomic E-state index is -0.178. The van der Waals surface area contributed by atoms with Gasteiger partial charge >= 0.3 is 0 Å². The highest BCUT2D eigenvalue weighted by molar-refractivity contribution is 6.21. The van der Waals surface area contributed by atoms with Crippen molar-refractivity contribution in [3.63, 3.8) is 0 Å². The first-order chi connectivity index (χ1) is 26.8. The second-order valence-corrected chi connectivity index (χ2v) is 16.2. The number of hydrogen-bond donors (Lipinski definition) is 0. The van der Waals surface area contributed by atoms with Crippen LogP contribution in [0.1, 0.15) is 49.9 Å². The molecule has 2 heterocycles. The van der Waals surface area contributed by atoms with Crippen LogP contribution in [0.5, 0.6) is 0 Å². The zero-order chi connectivity index (χ0) is 37.1. The lowest BCUT2D eigenvalue weighted by molar-refractivity contribution is 0.651. The normalized spacial score (nSPS) is 14.5. The first-order valence-corrected chi connectivity index (χ1v) is 19.3. The predicted molar refractivity (Wildman–Crippen MR) is 228 cm³/mol. The van der Waals surface area contributed by atoms with E-state index in [9.17, 15) is 0 Å². The third-order valence-electron chi connectivity index (χ3n) is 12.3. The first kappa shape index (κ1) is 31.9. The van der Waals surface area contributed by atoms with Crippen LogP contribution in [0, 0.1) is 0 Å². The molecule has 0 bridgehead atoms. The molecule has 262 valence electrons. The third kappa shape index (κ3) is 4.44. The van der Waals surface area contributed by atoms with Crippen molar-refractivity contribution >= 4 is 21.8 Å². The van der Waals surface area contributed by atoms with Gasteiger partial charge in [-0.1, -0.05) is 167 Å². The van der Waals surface area contributed by atoms with Crippen LogP contribution in [0.2, 0.25) is 0 Å². The predicted octanol–water partition coefficient (Wildman–Crippen LogP) is 13.2. The highest BCUT2D eigenvalue weighted by Crippen LogP contribution is 2.63. The van der Waals surface area contributed by atoms with E-state index < -0.39 is 0 Å². The van der Waals surface area contributed by atoms with E-state index in [2.05, 4.69) is 172 Å². The molecule has 9 aromatic rings. The van der Waals surface area contributed by atoms with E-state index in [1.165, 1.54) is 66.3 Å². The molecule has 0 saturated carbocycles. The molecule has 0 aliphatic heterocycles. The zero-order valence-electron chi connectivity index (χ0n) is 31.4. The fourth-order valence-corrected chi connectivity index (χ4v) is 9.88. The Morgan fingerprint density at radius 1 is 0.455 bits per heavy atom. The molecule has 3 nitrogen and oxygen atoms in total. The number of hydrogen-bond acceptors (Lipinski definition) is 2. The topological polar surface area (TPSA) is 30.7 Å². The molecule has 2 aliphatic rings. The van der Waals surface area contributed by atoms with Gasteiger partial charge < -0.3 is 4.57 Å². The summed E-state index contributed by atoms with van der Waals surface area (Å²) in [5.74, 6) is 0.720. The minimum absolute atomic E-state index is 0.178. The van der Waals surface area contributed by atoms with E-state index in [1.807, 2.05) is 24.3 Å². The maximum absolute atomic E-state index is 5.14. The maximum atomic E-state index is 5.14. The Balaban J connectivity index is 1.19. The molecule has 2 aliphatic carbocycles. The summed E-state index contributed by atoms with van der Waals surface area (Å²) >= 11 is 0. The van der Waals surface area contributed by atoms with Gasteiger partial charge in [0, 0.05) is 49.5 Å². The fourth-order valence-electron chi connectivity index (χ4n) is 9.88. The van der Waals surface area contributed by atoms with E-state index in [4.69, 9.17) is 9.97 Å². The second-order valence-electron chi connectivity index (χ2n) is 16.2. The van der Waals surface area contributed by atoms with E-state index in [-0.39, 0.29) is 10.8 Å². The van der Waals surface area contributed by atoms with Crippen LogP contribution >= 0.6 is 0 Å². The molecule has 0 unspecified atom stereocenters. The largest absolute Gasteiger partial charge is 0.309 e. The van der Waals surface area contributed by atoms with Crippen LogP contribution in [-0.4, -0.2) is 14.5 Å². The van der Waals surface area contributed by atoms with Gasteiger partial charge in [-0.2, -0.15) is 0 Å². The van der Waals surface area contributed by atoms with Gasteiger partial charge in [-0.05, 0) is 63.2 Å². The Morgan fingerprint density at radius 2 is 0.964 bits per heavy atom. The summed E-state index contributed by atoms with van der Waals surface area (Å²) in [6, 6.07) is 59.0. The third-order valence-corrected chi connectivity index (χ3v) is 12.3. The standard InChI is InChI=1S/C52H39N3/c1-51(2)39-24-14-11-21-36(39)44-47-45(37-22-12-15-25-40(37)52(47,3)4)49-46(48(44)51)38-23-13-16-26-43(38)55(49)35-29-27-33(28-30-35)42-31-41(32-17-7-5-8-18-32)53-50(54-42)34-19-9-6-10-20-34/h5-31H,1-4H3. The van der Waals surface area contributed by atoms with Crippen LogP contribution in [0.3, 0.4) is 0 Å². The van der Waals surface area contributed by atoms with Crippen LogP contribution in [0.4, 0.5) is 0 Å². The molecule has 0 amide bonds. The summed E-state index contributed by atoms with van der Waals surface area (Å²) in [6.45, 7) is 9.70. The first-order valence-electron chi connectivity index (χ1n) is 19.3. The van der Waals surface area contributed by atoms with Gasteiger partial charge in [-0.25, -0.2) is 9.97 Å². The van der Waals surface area contributed by atoms with Gasteiger partial charge in [0.1, 0.15) is 0 Å². The summed E-state index contributed by atoms with van der Waals surface area (Å²) in [6.07, 6.45) is 0. The fraction of sp³-hybridized carbons (Fsp3) is 0.115. The highest BCUT2D eigenvalue weighted by Gasteiger charge is 2.47. The molecule has 7 aromatic carbocycles. The molecule has 0 N–H and O–H groups in total. The lowest BCUT2D eigenvalue weighted by atomic mass is 9.75. The Bertz CT molecular complexity index is 2950. The SMILES string of the molecule is CC1(C)c2ccccc2-c2c1c1c(c3c4ccccc4n(-c4ccc(-c5cc(-c6ccccc6)nc(-c6ccccc6)n5)cc4)c23)C(C)(C)c2ccccc2-1. The second kappa shape index (κ2) is 11.5. The molecular formula is C52H39N3. The Labute approximate surface area is 321 Å². The molecule has 0 atom stereocenters. The Morgan fingerprint density at radius 3 is 1.62 bits per heavy atom. The monoisotopic (exact) mass is 705 g/mol. The Kier molecular flexibility index (Phi) is 6.65. The van der Waals surface area contributed by atoms with Crippen molar-refractivity contribution < 1.29 is 0 Å². The summed E-state index contributed by atoms with van der Waals surface area (Å²) < 4.78 is 2.54. The van der Waals surface area contributed by atoms with Crippen molar-refractivity contribution in [2.75, 3.05) is 0 Å². The lowest BCUT2D eigenvalue weighted by Crippen LogP contribution is -2.19. The van der Waals surface area contributed by atoms with Gasteiger partial charge in [-0.3, -0.25) is 0 Å². The molecular weight excluding hydrogens is 667 g/mol. The average molecular weight is 706 g/mol. The molecule has 0 saturated heterocycles. The molecule has 0 fully saturated rings. The van der Waals surface area contributed by atoms with Gasteiger partial charge in [-0.15, -0.1) is 0 Å². The smallest absolute Gasteiger partial charge is 0.160 e. The number of nitrogens with zero attached hydrogens (tertiary/aromatic N) is 3. The summed E-state index contributed by atoms with van der Waals surface area (Å²) in [4.78, 5) is 10.2. The zero-order valence-corrected chi connectivity index (χ0v) is 31.4. The van der Waals surface area contributed by atoms with Crippen LogP contribution < -0.4 is 0 Å². The number of aromatic nitrogens is 3. The van der Waals surface area contributed by atoms with Crippen molar-refractivity contribution in [3.8, 4) is 61.8 Å². The number of rotatable bonds is 4. The average Bonchev–Trinajstić information content (AvgIpc) is 3.78. The van der Waals surface area contributed by atoms with Crippen molar-refractivity contribution in [1.29, 1.82) is 0 Å². The van der Waals surface area contributed by atoms with Crippen LogP contribution in [0.15, 0.2) is 164 Å². The van der Waals surface area contributed by atoms with Crippen molar-refractivity contribution in [2.24, 2.45) is 0 Å². The molecule has 0 spiro atoms. The lowest BCUT2D eigenvalue weighted by Gasteiger charge is -2.27. The molecule has 2 aromatic heterocycles. The summed E-state index contributed by atoms with van der Waals surface area (Å²) in [5, 5.41) is 2.65. The molecule has 0 radical (unpaired) electrons. The highest BCUT2D eigenvalue weighted by atomic mass is 15.0. The van der Waals surface area contributed by atoms with Gasteiger partial charge in [0.2, 0.25) is 0 Å². The van der Waals surface area contributed by atoms with Gasteiger partial charge in [0.15, 0.2) is 5.82 Å². The maximum Gasteiger partial charge on any atom is 0.160 e. The van der Waals surface area contributed by atoms with Crippen LogP contribution in [0.25, 0.3) is 83.6 Å².